The van der Waals surface area contributed by atoms with Crippen LogP contribution in [0.2, 0.25) is 0 Å². The molecule has 41 heteroatoms. The molecule has 0 bridgehead atoms. The van der Waals surface area contributed by atoms with Gasteiger partial charge in [-0.3, -0.25) is 5.10 Å². The Morgan fingerprint density at radius 2 is 0.857 bits per heavy atom. The molecule has 0 aromatic carbocycles. The number of hydrogen-bond acceptors (Lipinski definition) is 35. The van der Waals surface area contributed by atoms with E-state index in [0.29, 0.717) is 59.3 Å². The van der Waals surface area contributed by atoms with Crippen molar-refractivity contribution < 1.29 is 8.94 Å². The van der Waals surface area contributed by atoms with Gasteiger partial charge in [0.25, 0.3) is 0 Å². The molecular weight excluding hydrogens is 1530 g/mol. The zero-order valence-corrected chi connectivity index (χ0v) is 74.6. The summed E-state index contributed by atoms with van der Waals surface area (Å²) < 4.78 is 20.1. The molecule has 9 saturated heterocycles. The van der Waals surface area contributed by atoms with Crippen LogP contribution in [-0.2, 0) is 26.6 Å². The standard InChI is InChI=1S/C10H17N5.C10H18N4.2C9H17N5.C9H15N3O.C8H15N5.C8H13N3O.C8H13N3S.C7H13N5/c1-14-6-4-8(5-7-14)10-11-12-13-15(10)9-2-3-9;1-3-9-11-10(13-12-9)8-4-6-14(2)7-5-8;1-3-14-9(10-11-12-14)8-4-6-13(2)7-5-8;1-3-14-11-9(10-12-14)8-4-6-13(2)7-5-8;1-7-10-9(13-11-7)8-3-5-12(2)6-4-8;1-12-5-3-7(4-6-12)8-9-10-11-13(8)2;1-11-4-2-7(3-5-11)8-10-9-6-12-8;1-11-4-2-7(3-5-11)8-9-6-10-12-8;1-12-4-2-6(3-5-12)7-8-10-11-9-7/h8-9H,2-7H2,1H3;8H,3-7H2,1-2H3,(H,11,12,13);2*8H,3-7H2,1-2H3;8H,3-6H2,1-2H3;7H,3-6H2,1-2H3;2*6-7H,2-5H2,1H3;6H,2-5H2,1H3,(H,8,9,10,11). The first kappa shape index (κ1) is 91.7. The molecule has 19 rings (SSSR count). The minimum Gasteiger partial charge on any atom is -0.428 e. The van der Waals surface area contributed by atoms with Crippen LogP contribution in [0.5, 0.6) is 0 Å². The smallest absolute Gasteiger partial charge is 0.229 e. The number of hydrogen-bond donors (Lipinski definition) is 2. The summed E-state index contributed by atoms with van der Waals surface area (Å²) in [5.41, 5.74) is 0. The number of tetrazole rings is 5. The van der Waals surface area contributed by atoms with Gasteiger partial charge in [-0.05, 0) is 378 Å². The van der Waals surface area contributed by atoms with Gasteiger partial charge < -0.3 is 53.0 Å². The summed E-state index contributed by atoms with van der Waals surface area (Å²) in [6, 6.07) is 0.606. The lowest BCUT2D eigenvalue weighted by Crippen LogP contribution is -2.30. The zero-order valence-electron chi connectivity index (χ0n) is 73.7. The van der Waals surface area contributed by atoms with E-state index >= 15 is 0 Å². The first-order valence-corrected chi connectivity index (χ1v) is 44.8. The van der Waals surface area contributed by atoms with Crippen LogP contribution in [0, 0.1) is 6.92 Å². The van der Waals surface area contributed by atoms with Gasteiger partial charge in [-0.2, -0.15) is 24.5 Å². The molecule has 0 atom stereocenters. The largest absolute Gasteiger partial charge is 0.428 e. The highest BCUT2D eigenvalue weighted by molar-refractivity contribution is 7.05. The molecular formula is C78H138N38O2S. The van der Waals surface area contributed by atoms with Gasteiger partial charge in [-0.15, -0.1) is 45.9 Å². The van der Waals surface area contributed by atoms with E-state index in [1.165, 1.54) is 128 Å². The summed E-state index contributed by atoms with van der Waals surface area (Å²) in [4.78, 5) is 35.8. The summed E-state index contributed by atoms with van der Waals surface area (Å²) in [7, 11) is 21.4. The van der Waals surface area contributed by atoms with E-state index in [-0.39, 0.29) is 0 Å². The lowest BCUT2D eigenvalue weighted by atomic mass is 9.96. The Morgan fingerprint density at radius 3 is 1.27 bits per heavy atom. The summed E-state index contributed by atoms with van der Waals surface area (Å²) in [5.74, 6) is 14.4. The third kappa shape index (κ3) is 29.4. The molecule has 1 aliphatic carbocycles. The van der Waals surface area contributed by atoms with Crippen molar-refractivity contribution in [3.63, 3.8) is 0 Å². The van der Waals surface area contributed by atoms with E-state index < -0.39 is 0 Å². The highest BCUT2D eigenvalue weighted by Crippen LogP contribution is 2.38. The maximum Gasteiger partial charge on any atom is 0.229 e. The second kappa shape index (κ2) is 48.0. The van der Waals surface area contributed by atoms with Crippen LogP contribution in [0.15, 0.2) is 21.7 Å². The SMILES string of the molecule is CCc1nc(C2CCN(C)CC2)n[nH]1.CCn1nnc(C2CCN(C)CC2)n1.CCn1nnnc1C1CCN(C)CC1.CN1CCC(c2ncns2)CC1.CN1CCC(c2nn[nH]n2)CC1.CN1CCC(c2nnco2)CC1.CN1CCC(c2nnnn2C)CC1.CN1CCC(c2nnnn2C2CC2)CC1.Cc1noc(C2CCN(C)CC2)n1. The average Bonchev–Trinajstić information content (AvgIpc) is 1.67. The maximum atomic E-state index is 5.17. The van der Waals surface area contributed by atoms with Crippen molar-refractivity contribution >= 4 is 11.5 Å². The molecule has 9 aromatic rings. The number of aromatic amines is 2. The van der Waals surface area contributed by atoms with Crippen molar-refractivity contribution in [2.75, 3.05) is 181 Å². The second-order valence-corrected chi connectivity index (χ2v) is 35.1. The molecule has 10 fully saturated rings. The van der Waals surface area contributed by atoms with Crippen molar-refractivity contribution in [2.24, 2.45) is 7.05 Å². The summed E-state index contributed by atoms with van der Waals surface area (Å²) in [6.07, 6.45) is 27.7. The van der Waals surface area contributed by atoms with Gasteiger partial charge in [0.1, 0.15) is 17.2 Å². The number of rotatable bonds is 13. The number of nitrogens with one attached hydrogen (secondary N) is 2. The number of piperidine rings is 9. The third-order valence-corrected chi connectivity index (χ3v) is 25.7. The number of H-pyrrole nitrogens is 2. The van der Waals surface area contributed by atoms with Crippen molar-refractivity contribution in [2.45, 2.75) is 235 Å². The van der Waals surface area contributed by atoms with Crippen LogP contribution in [0.1, 0.15) is 272 Å². The molecule has 0 unspecified atom stereocenters. The number of likely N-dealkylation sites (tertiary alicyclic amines) is 9. The molecule has 658 valence electrons. The van der Waals surface area contributed by atoms with Gasteiger partial charge in [0.2, 0.25) is 18.2 Å². The van der Waals surface area contributed by atoms with E-state index in [1.807, 2.05) is 25.6 Å². The van der Waals surface area contributed by atoms with Crippen LogP contribution in [0.3, 0.4) is 0 Å². The summed E-state index contributed by atoms with van der Waals surface area (Å²) in [6.45, 7) is 30.5. The highest BCUT2D eigenvalue weighted by atomic mass is 32.1. The van der Waals surface area contributed by atoms with Crippen molar-refractivity contribution in [3.8, 4) is 0 Å². The van der Waals surface area contributed by atoms with E-state index in [4.69, 9.17) is 8.94 Å². The average molecular weight is 1670 g/mol. The monoisotopic (exact) mass is 1670 g/mol. The van der Waals surface area contributed by atoms with Gasteiger partial charge in [-0.25, -0.2) is 24.0 Å². The highest BCUT2D eigenvalue weighted by Gasteiger charge is 2.33. The molecule has 1 saturated carbocycles. The third-order valence-electron chi connectivity index (χ3n) is 24.9. The number of nitrogens with zero attached hydrogens (tertiary/aromatic N) is 36. The first-order chi connectivity index (χ1) is 57.8. The Labute approximate surface area is 706 Å². The molecule has 9 aromatic heterocycles. The van der Waals surface area contributed by atoms with E-state index in [2.05, 4.69) is 254 Å². The Bertz CT molecular complexity index is 3900. The quantitative estimate of drug-likeness (QED) is 0.125. The fourth-order valence-electron chi connectivity index (χ4n) is 16.5. The normalized spacial score (nSPS) is 21.2. The Hall–Kier alpha value is -8.03. The Morgan fingerprint density at radius 1 is 0.412 bits per heavy atom. The second-order valence-electron chi connectivity index (χ2n) is 34.3. The predicted molar refractivity (Wildman–Crippen MR) is 450 cm³/mol. The van der Waals surface area contributed by atoms with Crippen LogP contribution in [0.25, 0.3) is 0 Å². The van der Waals surface area contributed by atoms with Gasteiger partial charge in [0.15, 0.2) is 40.8 Å². The minimum atomic E-state index is 0.484. The first-order valence-electron chi connectivity index (χ1n) is 44.0. The molecule has 9 aliphatic heterocycles. The molecule has 0 spiro atoms. The molecule has 0 radical (unpaired) electrons. The van der Waals surface area contributed by atoms with Crippen LogP contribution < -0.4 is 0 Å². The topological polar surface area (TPSA) is 403 Å². The fourth-order valence-corrected chi connectivity index (χ4v) is 17.2. The number of aryl methyl sites for hydroxylation is 5. The zero-order chi connectivity index (χ0) is 83.8. The van der Waals surface area contributed by atoms with Gasteiger partial charge >= 0.3 is 0 Å². The molecule has 40 nitrogen and oxygen atoms in total. The van der Waals surface area contributed by atoms with Gasteiger partial charge in [0, 0.05) is 73.3 Å². The number of aromatic nitrogens is 29. The molecule has 10 aliphatic rings. The minimum absolute atomic E-state index is 0.484. The molecule has 18 heterocycles. The Balaban J connectivity index is 0.000000131. The maximum absolute atomic E-state index is 5.17. The van der Waals surface area contributed by atoms with Crippen LogP contribution in [0.4, 0.5) is 0 Å². The van der Waals surface area contributed by atoms with Crippen LogP contribution in [-0.4, -0.2) is 372 Å². The van der Waals surface area contributed by atoms with Crippen molar-refractivity contribution in [3.05, 3.63) is 76.1 Å². The summed E-state index contributed by atoms with van der Waals surface area (Å²) in [5, 5.41) is 82.0. The predicted octanol–water partition coefficient (Wildman–Crippen LogP) is 6.44. The van der Waals surface area contributed by atoms with E-state index in [1.54, 1.807) is 27.3 Å². The Kier molecular flexibility index (Phi) is 37.0. The van der Waals surface area contributed by atoms with Crippen molar-refractivity contribution in [1.29, 1.82) is 0 Å². The lowest BCUT2D eigenvalue weighted by Gasteiger charge is -2.27. The van der Waals surface area contributed by atoms with E-state index in [0.717, 1.165) is 208 Å². The van der Waals surface area contributed by atoms with Gasteiger partial charge in [0.05, 0.1) is 12.6 Å². The van der Waals surface area contributed by atoms with Crippen LogP contribution >= 0.6 is 11.5 Å². The van der Waals surface area contributed by atoms with Gasteiger partial charge in [-0.1, -0.05) is 17.3 Å². The summed E-state index contributed by atoms with van der Waals surface area (Å²) >= 11 is 1.55. The molecule has 119 heavy (non-hydrogen) atoms. The molecule has 2 N–H and O–H groups in total. The fraction of sp³-hybridized carbons (Fsp3) is 0.833. The van der Waals surface area contributed by atoms with Crippen molar-refractivity contribution in [1.82, 2.24) is 190 Å². The molecule has 0 amide bonds. The lowest BCUT2D eigenvalue weighted by molar-refractivity contribution is 0.227. The van der Waals surface area contributed by atoms with E-state index in [9.17, 15) is 0 Å².